The predicted octanol–water partition coefficient (Wildman–Crippen LogP) is 4.86. The molecule has 1 aliphatic heterocycles. The van der Waals surface area contributed by atoms with Crippen LogP contribution in [0.1, 0.15) is 51.8 Å². The Morgan fingerprint density at radius 2 is 1.97 bits per heavy atom. The molecule has 4 rings (SSSR count). The molecule has 0 N–H and O–H groups in total. The Morgan fingerprint density at radius 1 is 1.17 bits per heavy atom. The maximum atomic E-state index is 13.3. The molecule has 0 aliphatic carbocycles. The van der Waals surface area contributed by atoms with Gasteiger partial charge < -0.3 is 18.9 Å². The Labute approximate surface area is 176 Å². The number of nitrogens with zero attached hydrogens (tertiary/aromatic N) is 2. The lowest BCUT2D eigenvalue weighted by molar-refractivity contribution is 0.0735. The van der Waals surface area contributed by atoms with Gasteiger partial charge in [-0.3, -0.25) is 4.79 Å². The van der Waals surface area contributed by atoms with E-state index >= 15 is 0 Å². The summed E-state index contributed by atoms with van der Waals surface area (Å²) >= 11 is 0. The first-order chi connectivity index (χ1) is 14.6. The lowest BCUT2D eigenvalue weighted by Crippen LogP contribution is -2.30. The maximum absolute atomic E-state index is 13.3. The number of methoxy groups -OCH3 is 1. The predicted molar refractivity (Wildman–Crippen MR) is 113 cm³/mol. The molecule has 2 aromatic carbocycles. The average molecular weight is 406 g/mol. The monoisotopic (exact) mass is 406 g/mol. The highest BCUT2D eigenvalue weighted by molar-refractivity contribution is 5.95. The van der Waals surface area contributed by atoms with Crippen molar-refractivity contribution >= 4 is 5.91 Å². The largest absolute Gasteiger partial charge is 0.493 e. The summed E-state index contributed by atoms with van der Waals surface area (Å²) < 4.78 is 16.6. The van der Waals surface area contributed by atoms with Gasteiger partial charge in [-0.1, -0.05) is 35.5 Å². The number of benzene rings is 2. The third kappa shape index (κ3) is 3.90. The van der Waals surface area contributed by atoms with Crippen LogP contribution in [0.4, 0.5) is 0 Å². The first kappa shape index (κ1) is 20.0. The number of amides is 1. The van der Waals surface area contributed by atoms with Gasteiger partial charge in [0.05, 0.1) is 24.4 Å². The zero-order valence-electron chi connectivity index (χ0n) is 17.6. The second-order valence-corrected chi connectivity index (χ2v) is 7.52. The van der Waals surface area contributed by atoms with Crippen LogP contribution in [0.25, 0.3) is 0 Å². The first-order valence-electron chi connectivity index (χ1n) is 10.2. The van der Waals surface area contributed by atoms with Crippen LogP contribution in [0, 0.1) is 13.8 Å². The molecule has 0 radical (unpaired) electrons. The summed E-state index contributed by atoms with van der Waals surface area (Å²) in [7, 11) is 1.58. The summed E-state index contributed by atoms with van der Waals surface area (Å²) in [6.45, 7) is 4.82. The minimum absolute atomic E-state index is 0.0110. The number of likely N-dealkylation sites (tertiary alicyclic amines) is 1. The lowest BCUT2D eigenvalue weighted by Gasteiger charge is -2.25. The zero-order valence-corrected chi connectivity index (χ0v) is 17.6. The van der Waals surface area contributed by atoms with Crippen molar-refractivity contribution < 1.29 is 18.8 Å². The Hall–Kier alpha value is -3.28. The van der Waals surface area contributed by atoms with Crippen LogP contribution in [0.3, 0.4) is 0 Å². The molecule has 0 bridgehead atoms. The standard InChI is InChI=1S/C24H26N2O4/c1-16-20(17(2)30-25-16)15-29-22-12-11-19(14-23(22)28-3)24(27)26-13-7-10-21(26)18-8-5-4-6-9-18/h4-6,8-9,11-12,14,21H,7,10,13,15H2,1-3H3. The van der Waals surface area contributed by atoms with Crippen molar-refractivity contribution in [1.29, 1.82) is 0 Å². The highest BCUT2D eigenvalue weighted by Crippen LogP contribution is 2.35. The van der Waals surface area contributed by atoms with E-state index in [4.69, 9.17) is 14.0 Å². The molecule has 0 saturated carbocycles. The van der Waals surface area contributed by atoms with Crippen molar-refractivity contribution in [3.63, 3.8) is 0 Å². The van der Waals surface area contributed by atoms with E-state index in [1.54, 1.807) is 25.3 Å². The van der Waals surface area contributed by atoms with E-state index in [9.17, 15) is 4.79 Å². The minimum Gasteiger partial charge on any atom is -0.493 e. The summed E-state index contributed by atoms with van der Waals surface area (Å²) in [5.74, 6) is 1.86. The summed E-state index contributed by atoms with van der Waals surface area (Å²) in [6, 6.07) is 15.7. The molecule has 1 atom stereocenters. The molecule has 0 spiro atoms. The summed E-state index contributed by atoms with van der Waals surface area (Å²) in [5, 5.41) is 3.95. The third-order valence-electron chi connectivity index (χ3n) is 5.66. The Bertz CT molecular complexity index is 1010. The van der Waals surface area contributed by atoms with Crippen LogP contribution in [0.2, 0.25) is 0 Å². The second-order valence-electron chi connectivity index (χ2n) is 7.52. The molecule has 2 heterocycles. The van der Waals surface area contributed by atoms with Crippen LogP contribution in [-0.4, -0.2) is 29.6 Å². The molecule has 3 aromatic rings. The van der Waals surface area contributed by atoms with Crippen molar-refractivity contribution in [2.75, 3.05) is 13.7 Å². The van der Waals surface area contributed by atoms with E-state index in [0.717, 1.165) is 36.4 Å². The first-order valence-corrected chi connectivity index (χ1v) is 10.2. The molecule has 1 unspecified atom stereocenters. The molecule has 1 saturated heterocycles. The van der Waals surface area contributed by atoms with Crippen molar-refractivity contribution in [1.82, 2.24) is 10.1 Å². The molecule has 1 aromatic heterocycles. The van der Waals surface area contributed by atoms with Gasteiger partial charge in [-0.25, -0.2) is 0 Å². The van der Waals surface area contributed by atoms with E-state index in [1.165, 1.54) is 5.56 Å². The van der Waals surface area contributed by atoms with Crippen molar-refractivity contribution in [2.45, 2.75) is 39.3 Å². The molecule has 6 nitrogen and oxygen atoms in total. The number of aryl methyl sites for hydroxylation is 2. The smallest absolute Gasteiger partial charge is 0.254 e. The molecule has 1 amide bonds. The fourth-order valence-electron chi connectivity index (χ4n) is 3.98. The van der Waals surface area contributed by atoms with E-state index in [2.05, 4.69) is 17.3 Å². The van der Waals surface area contributed by atoms with Gasteiger partial charge in [0.25, 0.3) is 5.91 Å². The van der Waals surface area contributed by atoms with Gasteiger partial charge in [0, 0.05) is 12.1 Å². The minimum atomic E-state index is 0.0110. The normalized spacial score (nSPS) is 16.0. The Morgan fingerprint density at radius 3 is 2.67 bits per heavy atom. The molecule has 30 heavy (non-hydrogen) atoms. The van der Waals surface area contributed by atoms with Gasteiger partial charge in [-0.15, -0.1) is 0 Å². The van der Waals surface area contributed by atoms with Gasteiger partial charge in [-0.05, 0) is 50.5 Å². The molecule has 1 aliphatic rings. The van der Waals surface area contributed by atoms with Gasteiger partial charge in [-0.2, -0.15) is 0 Å². The van der Waals surface area contributed by atoms with E-state index < -0.39 is 0 Å². The Balaban J connectivity index is 1.52. The highest BCUT2D eigenvalue weighted by atomic mass is 16.5. The van der Waals surface area contributed by atoms with Crippen LogP contribution >= 0.6 is 0 Å². The summed E-state index contributed by atoms with van der Waals surface area (Å²) in [4.78, 5) is 15.2. The van der Waals surface area contributed by atoms with Gasteiger partial charge in [0.15, 0.2) is 11.5 Å². The molecule has 6 heteroatoms. The van der Waals surface area contributed by atoms with E-state index in [-0.39, 0.29) is 11.9 Å². The number of rotatable bonds is 6. The number of carbonyl (C=O) groups is 1. The molecule has 1 fully saturated rings. The quantitative estimate of drug-likeness (QED) is 0.585. The average Bonchev–Trinajstić information content (AvgIpc) is 3.39. The number of carbonyl (C=O) groups excluding carboxylic acids is 1. The van der Waals surface area contributed by atoms with Crippen molar-refractivity contribution in [3.05, 3.63) is 76.7 Å². The van der Waals surface area contributed by atoms with Gasteiger partial charge >= 0.3 is 0 Å². The van der Waals surface area contributed by atoms with Crippen molar-refractivity contribution in [3.8, 4) is 11.5 Å². The fourth-order valence-corrected chi connectivity index (χ4v) is 3.98. The Kier molecular flexibility index (Phi) is 5.74. The summed E-state index contributed by atoms with van der Waals surface area (Å²) in [5.41, 5.74) is 3.49. The number of hydrogen-bond acceptors (Lipinski definition) is 5. The number of ether oxygens (including phenoxy) is 2. The maximum Gasteiger partial charge on any atom is 0.254 e. The van der Waals surface area contributed by atoms with Crippen LogP contribution < -0.4 is 9.47 Å². The SMILES string of the molecule is COc1cc(C(=O)N2CCCC2c2ccccc2)ccc1OCc1c(C)noc1C. The van der Waals surface area contributed by atoms with Crippen molar-refractivity contribution in [2.24, 2.45) is 0 Å². The topological polar surface area (TPSA) is 64.8 Å². The summed E-state index contributed by atoms with van der Waals surface area (Å²) in [6.07, 6.45) is 1.98. The van der Waals surface area contributed by atoms with Crippen LogP contribution in [-0.2, 0) is 6.61 Å². The van der Waals surface area contributed by atoms with E-state index in [1.807, 2.05) is 36.9 Å². The number of hydrogen-bond donors (Lipinski definition) is 0. The molecule has 156 valence electrons. The van der Waals surface area contributed by atoms with Crippen LogP contribution in [0.15, 0.2) is 53.1 Å². The molecular formula is C24H26N2O4. The van der Waals surface area contributed by atoms with Gasteiger partial charge in [0.2, 0.25) is 0 Å². The van der Waals surface area contributed by atoms with Crippen LogP contribution in [0.5, 0.6) is 11.5 Å². The van der Waals surface area contributed by atoms with E-state index in [0.29, 0.717) is 23.7 Å². The fraction of sp³-hybridized carbons (Fsp3) is 0.333. The lowest BCUT2D eigenvalue weighted by atomic mass is 10.0. The second kappa shape index (κ2) is 8.61. The number of aromatic nitrogens is 1. The zero-order chi connectivity index (χ0) is 21.1. The third-order valence-corrected chi connectivity index (χ3v) is 5.66. The molecular weight excluding hydrogens is 380 g/mol. The highest BCUT2D eigenvalue weighted by Gasteiger charge is 2.30. The van der Waals surface area contributed by atoms with Gasteiger partial charge in [0.1, 0.15) is 12.4 Å².